The van der Waals surface area contributed by atoms with Crippen LogP contribution in [0.1, 0.15) is 165 Å². The third-order valence-electron chi connectivity index (χ3n) is 9.35. The van der Waals surface area contributed by atoms with Gasteiger partial charge >= 0.3 is 5.97 Å². The topological polar surface area (TPSA) is 135 Å². The molecule has 0 unspecified atom stereocenters. The molecular formula is C45H80N4O6. The van der Waals surface area contributed by atoms with Crippen molar-refractivity contribution in [3.8, 4) is 5.75 Å². The molecule has 0 bridgehead atoms. The first-order chi connectivity index (χ1) is 25.9. The van der Waals surface area contributed by atoms with Gasteiger partial charge in [-0.05, 0) is 127 Å². The van der Waals surface area contributed by atoms with Gasteiger partial charge in [-0.2, -0.15) is 0 Å². The predicted molar refractivity (Wildman–Crippen MR) is 225 cm³/mol. The zero-order valence-electron chi connectivity index (χ0n) is 36.5. The number of rotatable bonds is 29. The molecule has 1 aromatic carbocycles. The number of carbonyl (C=O) groups excluding carboxylic acids is 4. The minimum Gasteiger partial charge on any atom is -0.494 e. The second-order valence-electron chi connectivity index (χ2n) is 17.9. The van der Waals surface area contributed by atoms with E-state index in [2.05, 4.69) is 74.9 Å². The molecule has 0 saturated heterocycles. The predicted octanol–water partition coefficient (Wildman–Crippen LogP) is 8.44. The smallest absolute Gasteiger partial charge is 0.323 e. The van der Waals surface area contributed by atoms with Crippen molar-refractivity contribution >= 4 is 23.7 Å². The quantitative estimate of drug-likeness (QED) is 0.0474. The summed E-state index contributed by atoms with van der Waals surface area (Å²) < 4.78 is 11.2. The summed E-state index contributed by atoms with van der Waals surface area (Å²) >= 11 is 0. The SMILES string of the molecule is CCCCCCC(=O)N[C@@H](CCCCNC(=O)[C@H](Cc1ccc(OCCCC(C)C)cc1)CC(C)(C)C)C(=O)NCCCC[C@H](NC(C)(C)C)C(=O)OCC. The number of nitrogens with one attached hydrogen (secondary N) is 4. The number of hydrogen-bond donors (Lipinski definition) is 4. The normalized spacial score (nSPS) is 13.5. The van der Waals surface area contributed by atoms with Gasteiger partial charge in [0.25, 0.3) is 0 Å². The molecule has 4 N–H and O–H groups in total. The lowest BCUT2D eigenvalue weighted by molar-refractivity contribution is -0.146. The fraction of sp³-hybridized carbons (Fsp3) is 0.778. The third kappa shape index (κ3) is 25.6. The summed E-state index contributed by atoms with van der Waals surface area (Å²) in [5.41, 5.74) is 0.862. The molecule has 0 fully saturated rings. The van der Waals surface area contributed by atoms with E-state index >= 15 is 0 Å². The Morgan fingerprint density at radius 2 is 1.33 bits per heavy atom. The Morgan fingerprint density at radius 3 is 1.89 bits per heavy atom. The van der Waals surface area contributed by atoms with Crippen LogP contribution in [0.2, 0.25) is 0 Å². The Kier molecular flexibility index (Phi) is 24.9. The molecule has 0 heterocycles. The third-order valence-corrected chi connectivity index (χ3v) is 9.35. The van der Waals surface area contributed by atoms with E-state index < -0.39 is 12.1 Å². The van der Waals surface area contributed by atoms with E-state index in [0.717, 1.165) is 62.7 Å². The van der Waals surface area contributed by atoms with Crippen LogP contribution in [0.4, 0.5) is 0 Å². The van der Waals surface area contributed by atoms with Crippen molar-refractivity contribution in [2.24, 2.45) is 17.3 Å². The summed E-state index contributed by atoms with van der Waals surface area (Å²) in [6.07, 6.45) is 11.9. The van der Waals surface area contributed by atoms with Crippen LogP contribution in [-0.2, 0) is 30.3 Å². The van der Waals surface area contributed by atoms with Gasteiger partial charge in [0.1, 0.15) is 17.8 Å². The molecule has 10 heteroatoms. The second-order valence-corrected chi connectivity index (χ2v) is 17.9. The highest BCUT2D eigenvalue weighted by molar-refractivity contribution is 5.87. The number of benzene rings is 1. The first-order valence-corrected chi connectivity index (χ1v) is 21.4. The molecular weight excluding hydrogens is 693 g/mol. The average molecular weight is 773 g/mol. The van der Waals surface area contributed by atoms with Crippen LogP contribution in [0, 0.1) is 17.3 Å². The highest BCUT2D eigenvalue weighted by atomic mass is 16.5. The monoisotopic (exact) mass is 773 g/mol. The Bertz CT molecular complexity index is 1220. The van der Waals surface area contributed by atoms with Crippen LogP contribution in [0.15, 0.2) is 24.3 Å². The molecule has 1 rings (SSSR count). The molecule has 0 radical (unpaired) electrons. The van der Waals surface area contributed by atoms with Crippen molar-refractivity contribution in [1.82, 2.24) is 21.3 Å². The Balaban J connectivity index is 2.72. The molecule has 0 aliphatic rings. The number of esters is 1. The minimum atomic E-state index is -0.639. The molecule has 3 atom stereocenters. The lowest BCUT2D eigenvalue weighted by atomic mass is 9.81. The maximum Gasteiger partial charge on any atom is 0.323 e. The summed E-state index contributed by atoms with van der Waals surface area (Å²) in [4.78, 5) is 52.1. The minimum absolute atomic E-state index is 0.0112. The molecule has 3 amide bonds. The molecule has 0 spiro atoms. The van der Waals surface area contributed by atoms with E-state index in [9.17, 15) is 19.2 Å². The number of hydrogen-bond acceptors (Lipinski definition) is 7. The van der Waals surface area contributed by atoms with E-state index in [1.54, 1.807) is 6.92 Å². The summed E-state index contributed by atoms with van der Waals surface area (Å²) in [5.74, 6) is 0.844. The molecule has 55 heavy (non-hydrogen) atoms. The molecule has 1 aromatic rings. The first kappa shape index (κ1) is 49.9. The Labute approximate surface area is 335 Å². The van der Waals surface area contributed by atoms with Gasteiger partial charge in [0.2, 0.25) is 17.7 Å². The van der Waals surface area contributed by atoms with Gasteiger partial charge in [-0.3, -0.25) is 24.5 Å². The summed E-state index contributed by atoms with van der Waals surface area (Å²) in [5, 5.41) is 12.5. The lowest BCUT2D eigenvalue weighted by Gasteiger charge is -2.27. The molecule has 0 aromatic heterocycles. The molecule has 316 valence electrons. The lowest BCUT2D eigenvalue weighted by Crippen LogP contribution is -2.48. The molecule has 0 aliphatic carbocycles. The molecule has 10 nitrogen and oxygen atoms in total. The Hall–Kier alpha value is -3.14. The number of unbranched alkanes of at least 4 members (excludes halogenated alkanes) is 5. The van der Waals surface area contributed by atoms with Crippen molar-refractivity contribution in [3.63, 3.8) is 0 Å². The van der Waals surface area contributed by atoms with Crippen LogP contribution in [0.25, 0.3) is 0 Å². The zero-order valence-corrected chi connectivity index (χ0v) is 36.5. The maximum absolute atomic E-state index is 13.5. The maximum atomic E-state index is 13.5. The van der Waals surface area contributed by atoms with Gasteiger partial charge < -0.3 is 25.4 Å². The largest absolute Gasteiger partial charge is 0.494 e. The van der Waals surface area contributed by atoms with E-state index in [-0.39, 0.29) is 40.6 Å². The first-order valence-electron chi connectivity index (χ1n) is 21.4. The van der Waals surface area contributed by atoms with Crippen LogP contribution in [0.3, 0.4) is 0 Å². The standard InChI is InChI=1S/C45H80N4O6/c1-11-13-14-15-24-40(50)48-38(42(52)47-30-19-17-23-39(43(53)54-12-2)49-45(8,9)10)22-16-18-29-46-41(51)36(33-44(5,6)7)32-35-25-27-37(28-26-35)55-31-20-21-34(3)4/h25-28,34,36,38-39,49H,11-24,29-33H2,1-10H3,(H,46,51)(H,47,52)(H,48,50)/t36-,38+,39+/m1/s1. The zero-order chi connectivity index (χ0) is 41.3. The second kappa shape index (κ2) is 27.5. The van der Waals surface area contributed by atoms with Gasteiger partial charge in [0, 0.05) is 31.0 Å². The van der Waals surface area contributed by atoms with Crippen molar-refractivity contribution in [2.45, 2.75) is 183 Å². The highest BCUT2D eigenvalue weighted by Crippen LogP contribution is 2.28. The van der Waals surface area contributed by atoms with Gasteiger partial charge in [-0.15, -0.1) is 0 Å². The van der Waals surface area contributed by atoms with Gasteiger partial charge in [0.05, 0.1) is 13.2 Å². The number of carbonyl (C=O) groups is 4. The van der Waals surface area contributed by atoms with Crippen LogP contribution < -0.4 is 26.0 Å². The summed E-state index contributed by atoms with van der Waals surface area (Å²) in [7, 11) is 0. The fourth-order valence-corrected chi connectivity index (χ4v) is 6.58. The molecule has 0 saturated carbocycles. The van der Waals surface area contributed by atoms with Crippen molar-refractivity contribution in [3.05, 3.63) is 29.8 Å². The van der Waals surface area contributed by atoms with Crippen LogP contribution >= 0.6 is 0 Å². The van der Waals surface area contributed by atoms with Crippen molar-refractivity contribution in [1.29, 1.82) is 0 Å². The van der Waals surface area contributed by atoms with E-state index in [1.165, 1.54) is 0 Å². The van der Waals surface area contributed by atoms with Crippen LogP contribution in [0.5, 0.6) is 5.75 Å². The van der Waals surface area contributed by atoms with E-state index in [1.807, 2.05) is 32.9 Å². The van der Waals surface area contributed by atoms with Crippen LogP contribution in [-0.4, -0.2) is 67.6 Å². The van der Waals surface area contributed by atoms with Gasteiger partial charge in [0.15, 0.2) is 0 Å². The summed E-state index contributed by atoms with van der Waals surface area (Å²) in [6, 6.07) is 7.08. The van der Waals surface area contributed by atoms with Gasteiger partial charge in [-0.1, -0.05) is 72.9 Å². The van der Waals surface area contributed by atoms with Crippen molar-refractivity contribution in [2.75, 3.05) is 26.3 Å². The number of ether oxygens (including phenoxy) is 2. The van der Waals surface area contributed by atoms with Crippen molar-refractivity contribution < 1.29 is 28.7 Å². The highest BCUT2D eigenvalue weighted by Gasteiger charge is 2.27. The fourth-order valence-electron chi connectivity index (χ4n) is 6.58. The molecule has 0 aliphatic heterocycles. The Morgan fingerprint density at radius 1 is 0.709 bits per heavy atom. The number of amides is 3. The van der Waals surface area contributed by atoms with E-state index in [0.29, 0.717) is 77.2 Å². The van der Waals surface area contributed by atoms with E-state index in [4.69, 9.17) is 9.47 Å². The van der Waals surface area contributed by atoms with Gasteiger partial charge in [-0.25, -0.2) is 0 Å². The summed E-state index contributed by atoms with van der Waals surface area (Å²) in [6.45, 7) is 22.9. The average Bonchev–Trinajstić information content (AvgIpc) is 3.09.